The summed E-state index contributed by atoms with van der Waals surface area (Å²) in [5, 5.41) is 0. The fourth-order valence-corrected chi connectivity index (χ4v) is 4.14. The largest absolute Gasteiger partial charge is 0.245 e. The number of halogens is 6. The molecule has 4 rings (SSSR count). The number of alkyl halides is 4. The molecule has 0 saturated heterocycles. The summed E-state index contributed by atoms with van der Waals surface area (Å²) in [5.74, 6) is -6.72. The molecule has 2 bridgehead atoms. The minimum absolute atomic E-state index is 0.148. The molecule has 0 heterocycles. The minimum atomic E-state index is -3.79. The average Bonchev–Trinajstić information content (AvgIpc) is 2.88. The van der Waals surface area contributed by atoms with Gasteiger partial charge in [-0.3, -0.25) is 0 Å². The van der Waals surface area contributed by atoms with E-state index < -0.39 is 46.2 Å². The van der Waals surface area contributed by atoms with Gasteiger partial charge in [0.1, 0.15) is 0 Å². The summed E-state index contributed by atoms with van der Waals surface area (Å²) in [4.78, 5) is 0. The van der Waals surface area contributed by atoms with Crippen LogP contribution in [0.4, 0.5) is 26.3 Å². The first kappa shape index (κ1) is 10.0. The van der Waals surface area contributed by atoms with Crippen LogP contribution >= 0.6 is 0 Å². The average molecular weight is 252 g/mol. The van der Waals surface area contributed by atoms with Crippen molar-refractivity contribution in [2.45, 2.75) is 29.1 Å². The summed E-state index contributed by atoms with van der Waals surface area (Å²) in [6.07, 6.45) is 2.28. The maximum Gasteiger partial charge on any atom is 0.245 e. The standard InChI is InChI=1S/C11H6F6/c12-6-7(13)11(17)9(15)5-2-1-4(3-5)8(9,14)10(6,11)16/h1-2,4-5H,3H2. The lowest BCUT2D eigenvalue weighted by Gasteiger charge is -2.69. The number of rotatable bonds is 0. The first-order valence-electron chi connectivity index (χ1n) is 5.28. The summed E-state index contributed by atoms with van der Waals surface area (Å²) in [5.41, 5.74) is -14.2. The zero-order valence-corrected chi connectivity index (χ0v) is 8.28. The molecule has 4 aliphatic carbocycles. The van der Waals surface area contributed by atoms with Crippen LogP contribution in [-0.4, -0.2) is 22.7 Å². The van der Waals surface area contributed by atoms with E-state index in [1.54, 1.807) is 0 Å². The monoisotopic (exact) mass is 252 g/mol. The van der Waals surface area contributed by atoms with Crippen LogP contribution in [0.5, 0.6) is 0 Å². The Labute approximate surface area is 92.0 Å². The molecule has 0 aromatic rings. The smallest absolute Gasteiger partial charge is 0.235 e. The third-order valence-electron chi connectivity index (χ3n) is 4.91. The molecule has 6 unspecified atom stereocenters. The van der Waals surface area contributed by atoms with Crippen molar-refractivity contribution in [1.29, 1.82) is 0 Å². The van der Waals surface area contributed by atoms with Crippen molar-refractivity contribution in [3.63, 3.8) is 0 Å². The normalized spacial score (nSPS) is 66.5. The van der Waals surface area contributed by atoms with Crippen molar-refractivity contribution in [2.24, 2.45) is 11.8 Å². The Hall–Kier alpha value is -0.940. The van der Waals surface area contributed by atoms with E-state index >= 15 is 0 Å². The van der Waals surface area contributed by atoms with Crippen molar-refractivity contribution in [3.05, 3.63) is 23.8 Å². The van der Waals surface area contributed by atoms with Crippen LogP contribution in [0, 0.1) is 11.8 Å². The highest BCUT2D eigenvalue weighted by Gasteiger charge is 3.06. The maximum absolute atomic E-state index is 14.4. The topological polar surface area (TPSA) is 0 Å². The van der Waals surface area contributed by atoms with Gasteiger partial charge in [0.2, 0.25) is 11.3 Å². The van der Waals surface area contributed by atoms with E-state index in [1.807, 2.05) is 0 Å². The maximum atomic E-state index is 14.4. The van der Waals surface area contributed by atoms with Crippen LogP contribution in [-0.2, 0) is 0 Å². The van der Waals surface area contributed by atoms with Crippen molar-refractivity contribution >= 4 is 0 Å². The van der Waals surface area contributed by atoms with Gasteiger partial charge >= 0.3 is 0 Å². The Morgan fingerprint density at radius 3 is 1.53 bits per heavy atom. The van der Waals surface area contributed by atoms with E-state index in [1.165, 1.54) is 12.2 Å². The lowest BCUT2D eigenvalue weighted by atomic mass is 9.39. The van der Waals surface area contributed by atoms with Gasteiger partial charge in [-0.25, -0.2) is 26.3 Å². The summed E-state index contributed by atoms with van der Waals surface area (Å²) in [6.45, 7) is 0. The van der Waals surface area contributed by atoms with Crippen LogP contribution in [0.15, 0.2) is 23.8 Å². The first-order chi connectivity index (χ1) is 7.78. The van der Waals surface area contributed by atoms with Crippen LogP contribution in [0.3, 0.4) is 0 Å². The summed E-state index contributed by atoms with van der Waals surface area (Å²) in [7, 11) is 0. The Morgan fingerprint density at radius 2 is 1.18 bits per heavy atom. The van der Waals surface area contributed by atoms with Gasteiger partial charge in [0.25, 0.3) is 0 Å². The molecule has 0 N–H and O–H groups in total. The van der Waals surface area contributed by atoms with Crippen molar-refractivity contribution in [1.82, 2.24) is 0 Å². The highest BCUT2D eigenvalue weighted by molar-refractivity contribution is 5.65. The highest BCUT2D eigenvalue weighted by Crippen LogP contribution is 2.85. The fourth-order valence-electron chi connectivity index (χ4n) is 4.14. The molecule has 6 heteroatoms. The molecule has 0 aromatic heterocycles. The van der Waals surface area contributed by atoms with E-state index in [2.05, 4.69) is 0 Å². The summed E-state index contributed by atoms with van der Waals surface area (Å²) < 4.78 is 83.1. The van der Waals surface area contributed by atoms with Crippen molar-refractivity contribution < 1.29 is 26.3 Å². The minimum Gasteiger partial charge on any atom is -0.235 e. The Bertz CT molecular complexity index is 482. The van der Waals surface area contributed by atoms with E-state index in [0.717, 1.165) is 0 Å². The second-order valence-electron chi connectivity index (χ2n) is 5.20. The molecule has 0 amide bonds. The van der Waals surface area contributed by atoms with E-state index in [4.69, 9.17) is 0 Å². The first-order valence-corrected chi connectivity index (χ1v) is 5.28. The van der Waals surface area contributed by atoms with Gasteiger partial charge < -0.3 is 0 Å². The van der Waals surface area contributed by atoms with Crippen LogP contribution < -0.4 is 0 Å². The van der Waals surface area contributed by atoms with E-state index in [-0.39, 0.29) is 6.42 Å². The second kappa shape index (κ2) is 2.06. The molecule has 0 spiro atoms. The number of allylic oxidation sites excluding steroid dienone is 4. The molecule has 6 atom stereocenters. The van der Waals surface area contributed by atoms with Gasteiger partial charge in [-0.1, -0.05) is 12.2 Å². The quantitative estimate of drug-likeness (QED) is 0.458. The molecule has 2 saturated carbocycles. The molecular weight excluding hydrogens is 246 g/mol. The van der Waals surface area contributed by atoms with Gasteiger partial charge in [0, 0.05) is 11.8 Å². The lowest BCUT2D eigenvalue weighted by Crippen LogP contribution is -2.94. The Morgan fingerprint density at radius 1 is 0.824 bits per heavy atom. The molecule has 4 aliphatic rings. The predicted octanol–water partition coefficient (Wildman–Crippen LogP) is 3.20. The molecule has 0 radical (unpaired) electrons. The van der Waals surface area contributed by atoms with Gasteiger partial charge in [0.05, 0.1) is 0 Å². The van der Waals surface area contributed by atoms with Crippen molar-refractivity contribution in [2.75, 3.05) is 0 Å². The third-order valence-corrected chi connectivity index (χ3v) is 4.91. The predicted molar refractivity (Wildman–Crippen MR) is 45.3 cm³/mol. The number of hydrogen-bond acceptors (Lipinski definition) is 0. The van der Waals surface area contributed by atoms with Gasteiger partial charge in [-0.05, 0) is 6.42 Å². The molecule has 0 aromatic carbocycles. The zero-order valence-electron chi connectivity index (χ0n) is 8.28. The Balaban J connectivity index is 2.04. The van der Waals surface area contributed by atoms with Crippen LogP contribution in [0.1, 0.15) is 6.42 Å². The number of fused-ring (bicyclic) bond motifs is 8. The van der Waals surface area contributed by atoms with Gasteiger partial charge in [-0.2, -0.15) is 0 Å². The molecule has 17 heavy (non-hydrogen) atoms. The fraction of sp³-hybridized carbons (Fsp3) is 0.636. The second-order valence-corrected chi connectivity index (χ2v) is 5.20. The Kier molecular flexibility index (Phi) is 1.21. The molecule has 0 nitrogen and oxygen atoms in total. The molecule has 2 fully saturated rings. The molecule has 0 aliphatic heterocycles. The SMILES string of the molecule is FC1=C(F)C2(F)C1(F)C1(F)C3C=CC(C3)C21F. The van der Waals surface area contributed by atoms with Crippen LogP contribution in [0.25, 0.3) is 0 Å². The zero-order chi connectivity index (χ0) is 12.4. The molecule has 92 valence electrons. The van der Waals surface area contributed by atoms with Gasteiger partial charge in [0.15, 0.2) is 23.0 Å². The molecular formula is C11H6F6. The van der Waals surface area contributed by atoms with E-state index in [9.17, 15) is 26.3 Å². The highest BCUT2D eigenvalue weighted by atomic mass is 19.2. The van der Waals surface area contributed by atoms with E-state index in [0.29, 0.717) is 0 Å². The summed E-state index contributed by atoms with van der Waals surface area (Å²) >= 11 is 0. The van der Waals surface area contributed by atoms with Crippen LogP contribution in [0.2, 0.25) is 0 Å². The number of hydrogen-bond donors (Lipinski definition) is 0. The van der Waals surface area contributed by atoms with Gasteiger partial charge in [-0.15, -0.1) is 0 Å². The lowest BCUT2D eigenvalue weighted by molar-refractivity contribution is -0.354. The third kappa shape index (κ3) is 0.495. The van der Waals surface area contributed by atoms with Crippen molar-refractivity contribution in [3.8, 4) is 0 Å². The summed E-state index contributed by atoms with van der Waals surface area (Å²) in [6, 6.07) is 0.